The molecule has 2 N–H and O–H groups in total. The summed E-state index contributed by atoms with van der Waals surface area (Å²) in [6.07, 6.45) is 3.94. The van der Waals surface area contributed by atoms with E-state index in [4.69, 9.17) is 5.84 Å². The fourth-order valence-electron chi connectivity index (χ4n) is 4.86. The van der Waals surface area contributed by atoms with Crippen molar-refractivity contribution in [2.24, 2.45) is 23.6 Å². The average Bonchev–Trinajstić information content (AvgIpc) is 2.60. The SMILES string of the molecule is Cc1cccc(N(N)c2ccccc2C2CCCC(C)C2C(C)C)c1. The zero-order valence-electron chi connectivity index (χ0n) is 16.1. The van der Waals surface area contributed by atoms with Gasteiger partial charge < -0.3 is 0 Å². The van der Waals surface area contributed by atoms with Crippen LogP contribution in [0, 0.1) is 24.7 Å². The lowest BCUT2D eigenvalue weighted by Crippen LogP contribution is -2.32. The maximum Gasteiger partial charge on any atom is 0.0610 e. The van der Waals surface area contributed by atoms with Gasteiger partial charge in [-0.1, -0.05) is 63.9 Å². The highest BCUT2D eigenvalue weighted by molar-refractivity contribution is 5.66. The van der Waals surface area contributed by atoms with Crippen LogP contribution in [0.3, 0.4) is 0 Å². The standard InChI is InChI=1S/C23H32N2/c1-16(2)23-18(4)10-8-13-21(23)20-12-5-6-14-22(20)25(24)19-11-7-9-17(3)15-19/h5-7,9,11-12,14-16,18,21,23H,8,10,13,24H2,1-4H3. The Kier molecular flexibility index (Phi) is 5.48. The van der Waals surface area contributed by atoms with Crippen LogP contribution in [0.15, 0.2) is 48.5 Å². The first kappa shape index (κ1) is 18.0. The molecule has 0 radical (unpaired) electrons. The van der Waals surface area contributed by atoms with Crippen LogP contribution in [0.1, 0.15) is 57.1 Å². The summed E-state index contributed by atoms with van der Waals surface area (Å²) in [7, 11) is 0. The lowest BCUT2D eigenvalue weighted by atomic mass is 9.65. The predicted molar refractivity (Wildman–Crippen MR) is 108 cm³/mol. The third kappa shape index (κ3) is 3.74. The molecular formula is C23H32N2. The number of hydrazine groups is 1. The summed E-state index contributed by atoms with van der Waals surface area (Å²) in [6, 6.07) is 17.2. The monoisotopic (exact) mass is 336 g/mol. The normalized spacial score (nSPS) is 23.7. The molecule has 2 aromatic rings. The van der Waals surface area contributed by atoms with Crippen LogP contribution >= 0.6 is 0 Å². The molecule has 1 aliphatic carbocycles. The Bertz CT molecular complexity index is 707. The summed E-state index contributed by atoms with van der Waals surface area (Å²) in [5, 5.41) is 1.87. The fourth-order valence-corrected chi connectivity index (χ4v) is 4.86. The van der Waals surface area contributed by atoms with Gasteiger partial charge in [0.05, 0.1) is 11.4 Å². The summed E-state index contributed by atoms with van der Waals surface area (Å²) in [6.45, 7) is 9.30. The Morgan fingerprint density at radius 1 is 1.04 bits per heavy atom. The van der Waals surface area contributed by atoms with Crippen molar-refractivity contribution < 1.29 is 0 Å². The first-order valence-electron chi connectivity index (χ1n) is 9.69. The van der Waals surface area contributed by atoms with Crippen molar-refractivity contribution in [3.05, 3.63) is 59.7 Å². The third-order valence-electron chi connectivity index (χ3n) is 5.94. The van der Waals surface area contributed by atoms with Gasteiger partial charge in [-0.15, -0.1) is 0 Å². The Labute approximate surface area is 153 Å². The molecule has 0 spiro atoms. The van der Waals surface area contributed by atoms with Crippen molar-refractivity contribution >= 4 is 11.4 Å². The van der Waals surface area contributed by atoms with Gasteiger partial charge in [0.25, 0.3) is 0 Å². The van der Waals surface area contributed by atoms with Crippen molar-refractivity contribution in [1.82, 2.24) is 0 Å². The van der Waals surface area contributed by atoms with E-state index in [0.717, 1.165) is 23.2 Å². The number of nitrogens with zero attached hydrogens (tertiary/aromatic N) is 1. The van der Waals surface area contributed by atoms with Gasteiger partial charge in [0.15, 0.2) is 0 Å². The van der Waals surface area contributed by atoms with Gasteiger partial charge in [-0.2, -0.15) is 0 Å². The van der Waals surface area contributed by atoms with E-state index in [1.807, 2.05) is 5.01 Å². The molecule has 0 amide bonds. The number of aryl methyl sites for hydroxylation is 1. The van der Waals surface area contributed by atoms with Gasteiger partial charge in [-0.05, 0) is 66.3 Å². The maximum atomic E-state index is 6.58. The van der Waals surface area contributed by atoms with Crippen molar-refractivity contribution in [3.63, 3.8) is 0 Å². The van der Waals surface area contributed by atoms with E-state index in [9.17, 15) is 0 Å². The quantitative estimate of drug-likeness (QED) is 0.533. The van der Waals surface area contributed by atoms with Gasteiger partial charge in [0.1, 0.15) is 0 Å². The summed E-state index contributed by atoms with van der Waals surface area (Å²) >= 11 is 0. The van der Waals surface area contributed by atoms with Crippen LogP contribution in [0.4, 0.5) is 11.4 Å². The second kappa shape index (κ2) is 7.61. The molecule has 3 atom stereocenters. The minimum atomic E-state index is 0.593. The topological polar surface area (TPSA) is 29.3 Å². The molecular weight excluding hydrogens is 304 g/mol. The number of anilines is 2. The molecule has 2 nitrogen and oxygen atoms in total. The van der Waals surface area contributed by atoms with Crippen LogP contribution in [0.2, 0.25) is 0 Å². The van der Waals surface area contributed by atoms with Crippen molar-refractivity contribution in [2.45, 2.75) is 52.9 Å². The molecule has 25 heavy (non-hydrogen) atoms. The highest BCUT2D eigenvalue weighted by Crippen LogP contribution is 2.47. The van der Waals surface area contributed by atoms with Gasteiger partial charge in [-0.3, -0.25) is 5.01 Å². The predicted octanol–water partition coefficient (Wildman–Crippen LogP) is 6.18. The van der Waals surface area contributed by atoms with E-state index in [0.29, 0.717) is 11.8 Å². The molecule has 1 aliphatic rings. The highest BCUT2D eigenvalue weighted by Gasteiger charge is 2.35. The third-order valence-corrected chi connectivity index (χ3v) is 5.94. The number of benzene rings is 2. The van der Waals surface area contributed by atoms with Gasteiger partial charge >= 0.3 is 0 Å². The zero-order valence-corrected chi connectivity index (χ0v) is 16.1. The van der Waals surface area contributed by atoms with Crippen LogP contribution in [-0.2, 0) is 0 Å². The molecule has 1 saturated carbocycles. The van der Waals surface area contributed by atoms with Crippen molar-refractivity contribution in [3.8, 4) is 0 Å². The molecule has 2 aromatic carbocycles. The summed E-state index contributed by atoms with van der Waals surface area (Å²) in [5.41, 5.74) is 4.85. The lowest BCUT2D eigenvalue weighted by molar-refractivity contribution is 0.164. The average molecular weight is 337 g/mol. The summed E-state index contributed by atoms with van der Waals surface area (Å²) in [5.74, 6) is 9.37. The molecule has 3 rings (SSSR count). The molecule has 0 heterocycles. The zero-order chi connectivity index (χ0) is 18.0. The Morgan fingerprint density at radius 3 is 2.52 bits per heavy atom. The highest BCUT2D eigenvalue weighted by atomic mass is 15.4. The van der Waals surface area contributed by atoms with Gasteiger partial charge in [0, 0.05) is 0 Å². The summed E-state index contributed by atoms with van der Waals surface area (Å²) in [4.78, 5) is 0. The fraction of sp³-hybridized carbons (Fsp3) is 0.478. The van der Waals surface area contributed by atoms with Crippen LogP contribution in [0.5, 0.6) is 0 Å². The van der Waals surface area contributed by atoms with E-state index in [1.54, 1.807) is 0 Å². The van der Waals surface area contributed by atoms with E-state index < -0.39 is 0 Å². The molecule has 0 bridgehead atoms. The molecule has 134 valence electrons. The molecule has 3 unspecified atom stereocenters. The largest absolute Gasteiger partial charge is 0.279 e. The first-order chi connectivity index (χ1) is 12.0. The second-order valence-corrected chi connectivity index (χ2v) is 8.10. The van der Waals surface area contributed by atoms with E-state index in [2.05, 4.69) is 76.2 Å². The second-order valence-electron chi connectivity index (χ2n) is 8.10. The number of hydrogen-bond donors (Lipinski definition) is 1. The minimum absolute atomic E-state index is 0.593. The molecule has 0 aromatic heterocycles. The van der Waals surface area contributed by atoms with Crippen LogP contribution in [0.25, 0.3) is 0 Å². The van der Waals surface area contributed by atoms with Crippen LogP contribution in [-0.4, -0.2) is 0 Å². The number of nitrogens with two attached hydrogens (primary N) is 1. The minimum Gasteiger partial charge on any atom is -0.279 e. The number of rotatable bonds is 4. The smallest absolute Gasteiger partial charge is 0.0610 e. The molecule has 0 aliphatic heterocycles. The van der Waals surface area contributed by atoms with Gasteiger partial charge in [0.2, 0.25) is 0 Å². The van der Waals surface area contributed by atoms with Crippen molar-refractivity contribution in [2.75, 3.05) is 5.01 Å². The Hall–Kier alpha value is -1.80. The van der Waals surface area contributed by atoms with Gasteiger partial charge in [-0.25, -0.2) is 5.84 Å². The lowest BCUT2D eigenvalue weighted by Gasteiger charge is -2.41. The van der Waals surface area contributed by atoms with Crippen molar-refractivity contribution in [1.29, 1.82) is 0 Å². The maximum absolute atomic E-state index is 6.58. The number of para-hydroxylation sites is 1. The molecule has 2 heteroatoms. The van der Waals surface area contributed by atoms with E-state index >= 15 is 0 Å². The molecule has 1 fully saturated rings. The van der Waals surface area contributed by atoms with Crippen LogP contribution < -0.4 is 10.9 Å². The summed E-state index contributed by atoms with van der Waals surface area (Å²) < 4.78 is 0. The van der Waals surface area contributed by atoms with E-state index in [-0.39, 0.29) is 0 Å². The Balaban J connectivity index is 2.00. The Morgan fingerprint density at radius 2 is 1.80 bits per heavy atom. The first-order valence-corrected chi connectivity index (χ1v) is 9.69. The number of hydrogen-bond acceptors (Lipinski definition) is 2. The van der Waals surface area contributed by atoms with E-state index in [1.165, 1.54) is 30.4 Å². The molecule has 0 saturated heterocycles.